The molecule has 0 amide bonds. The van der Waals surface area contributed by atoms with E-state index in [9.17, 15) is 19.0 Å². The van der Waals surface area contributed by atoms with E-state index in [1.165, 1.54) is 193 Å². The van der Waals surface area contributed by atoms with Crippen LogP contribution in [-0.4, -0.2) is 60.5 Å². The number of ether oxygens (including phenoxy) is 2. The van der Waals surface area contributed by atoms with Gasteiger partial charge in [0.1, 0.15) is 12.1 Å². The Balaban J connectivity index is 4.11. The molecule has 0 aromatic rings. The van der Waals surface area contributed by atoms with Crippen LogP contribution in [0, 0.1) is 0 Å². The molecule has 0 aliphatic rings. The van der Waals surface area contributed by atoms with Gasteiger partial charge in [-0.05, 0) is 12.8 Å². The van der Waals surface area contributed by atoms with Crippen LogP contribution in [-0.2, 0) is 32.7 Å². The Bertz CT molecular complexity index is 940. The molecule has 0 aliphatic carbocycles. The average molecular weight is 848 g/mol. The van der Waals surface area contributed by atoms with Gasteiger partial charge in [0.05, 0.1) is 19.8 Å². The average Bonchev–Trinajstić information content (AvgIpc) is 3.20. The molecule has 0 aromatic heterocycles. The summed E-state index contributed by atoms with van der Waals surface area (Å²) in [5.74, 6) is -1.76. The van der Waals surface area contributed by atoms with E-state index in [0.29, 0.717) is 6.61 Å². The van der Waals surface area contributed by atoms with E-state index < -0.39 is 45.1 Å². The number of carbonyl (C=O) groups is 2. The second-order valence-corrected chi connectivity index (χ2v) is 18.4. The summed E-state index contributed by atoms with van der Waals surface area (Å²) >= 11 is 0. The number of phosphoric ester groups is 1. The number of phosphoric acid groups is 1. The van der Waals surface area contributed by atoms with E-state index >= 15 is 0 Å². The largest absolute Gasteiger partial charge is 0.480 e. The van der Waals surface area contributed by atoms with E-state index in [-0.39, 0.29) is 13.0 Å². The lowest BCUT2D eigenvalue weighted by atomic mass is 10.0. The number of rotatable bonds is 48. The number of unbranched alkanes of at least 4 members (excludes halogenated alkanes) is 34. The molecule has 0 aromatic carbocycles. The number of carbonyl (C=O) groups excluding carboxylic acids is 1. The third-order valence-electron chi connectivity index (χ3n) is 11.1. The number of esters is 1. The van der Waals surface area contributed by atoms with Crippen LogP contribution in [0.15, 0.2) is 0 Å². The van der Waals surface area contributed by atoms with Crippen LogP contribution in [0.2, 0.25) is 0 Å². The maximum atomic E-state index is 12.7. The van der Waals surface area contributed by atoms with Gasteiger partial charge in [0.2, 0.25) is 0 Å². The molecule has 0 heterocycles. The van der Waals surface area contributed by atoms with E-state index in [0.717, 1.165) is 38.5 Å². The summed E-state index contributed by atoms with van der Waals surface area (Å²) in [6, 6.07) is -1.47. The van der Waals surface area contributed by atoms with Crippen molar-refractivity contribution in [3.05, 3.63) is 0 Å². The number of nitrogens with two attached hydrogens (primary N) is 1. The zero-order valence-corrected chi connectivity index (χ0v) is 38.8. The van der Waals surface area contributed by atoms with Crippen LogP contribution >= 0.6 is 7.82 Å². The Morgan fingerprint density at radius 2 is 0.793 bits per heavy atom. The topological polar surface area (TPSA) is 155 Å². The summed E-state index contributed by atoms with van der Waals surface area (Å²) in [5, 5.41) is 8.91. The highest BCUT2D eigenvalue weighted by molar-refractivity contribution is 7.47. The van der Waals surface area contributed by atoms with Gasteiger partial charge >= 0.3 is 19.8 Å². The maximum absolute atomic E-state index is 12.7. The van der Waals surface area contributed by atoms with Gasteiger partial charge in [-0.2, -0.15) is 0 Å². The third-order valence-corrected chi connectivity index (χ3v) is 12.1. The number of carboxylic acids is 1. The van der Waals surface area contributed by atoms with Gasteiger partial charge in [-0.1, -0.05) is 232 Å². The van der Waals surface area contributed by atoms with Gasteiger partial charge in [0.25, 0.3) is 0 Å². The molecule has 10 nitrogen and oxygen atoms in total. The lowest BCUT2D eigenvalue weighted by molar-refractivity contribution is -0.154. The first-order valence-corrected chi connectivity index (χ1v) is 26.1. The van der Waals surface area contributed by atoms with Crippen LogP contribution in [0.5, 0.6) is 0 Å². The fraction of sp³-hybridized carbons (Fsp3) is 0.957. The van der Waals surface area contributed by atoms with Crippen LogP contribution in [0.1, 0.15) is 251 Å². The summed E-state index contributed by atoms with van der Waals surface area (Å²) in [4.78, 5) is 33.6. The van der Waals surface area contributed by atoms with Crippen molar-refractivity contribution in [2.45, 2.75) is 264 Å². The molecule has 0 fully saturated rings. The first kappa shape index (κ1) is 57.0. The molecule has 0 aliphatic heterocycles. The predicted molar refractivity (Wildman–Crippen MR) is 240 cm³/mol. The number of hydrogen-bond donors (Lipinski definition) is 3. The molecule has 58 heavy (non-hydrogen) atoms. The van der Waals surface area contributed by atoms with Crippen molar-refractivity contribution >= 4 is 19.8 Å². The molecule has 4 N–H and O–H groups in total. The molecule has 3 unspecified atom stereocenters. The molecular formula is C47H94NO9P. The van der Waals surface area contributed by atoms with Crippen LogP contribution in [0.4, 0.5) is 0 Å². The molecule has 0 saturated heterocycles. The van der Waals surface area contributed by atoms with Crippen LogP contribution in [0.3, 0.4) is 0 Å². The molecule has 0 bridgehead atoms. The number of aliphatic carboxylic acids is 1. The zero-order chi connectivity index (χ0) is 42.6. The normalized spacial score (nSPS) is 13.7. The fourth-order valence-corrected chi connectivity index (χ4v) is 8.09. The predicted octanol–water partition coefficient (Wildman–Crippen LogP) is 13.9. The SMILES string of the molecule is CCCCCCCCCCCCCCCCCCCCCOCC(COP(=O)(O)OCC(N)C(=O)O)OC(=O)CCCCCCCCCCCCCCCCCCC. The molecule has 3 atom stereocenters. The van der Waals surface area contributed by atoms with Gasteiger partial charge < -0.3 is 25.2 Å². The second-order valence-electron chi connectivity index (χ2n) is 17.0. The molecule has 0 spiro atoms. The molecule has 11 heteroatoms. The monoisotopic (exact) mass is 848 g/mol. The minimum atomic E-state index is -4.61. The van der Waals surface area contributed by atoms with E-state index in [4.69, 9.17) is 29.4 Å². The van der Waals surface area contributed by atoms with Gasteiger partial charge in [-0.25, -0.2) is 4.57 Å². The Labute approximate surface area is 357 Å². The van der Waals surface area contributed by atoms with Crippen LogP contribution < -0.4 is 5.73 Å². The van der Waals surface area contributed by atoms with Crippen molar-refractivity contribution < 1.29 is 42.7 Å². The Kier molecular flexibility index (Phi) is 43.3. The summed E-state index contributed by atoms with van der Waals surface area (Å²) in [7, 11) is -4.61. The summed E-state index contributed by atoms with van der Waals surface area (Å²) in [6.45, 7) is 3.95. The smallest absolute Gasteiger partial charge is 0.472 e. The summed E-state index contributed by atoms with van der Waals surface area (Å²) < 4.78 is 33.5. The van der Waals surface area contributed by atoms with Gasteiger partial charge in [0, 0.05) is 13.0 Å². The van der Waals surface area contributed by atoms with E-state index in [1.807, 2.05) is 0 Å². The zero-order valence-electron chi connectivity index (χ0n) is 37.9. The first-order valence-electron chi connectivity index (χ1n) is 24.6. The van der Waals surface area contributed by atoms with Crippen molar-refractivity contribution in [2.75, 3.05) is 26.4 Å². The van der Waals surface area contributed by atoms with Gasteiger partial charge in [0.15, 0.2) is 0 Å². The van der Waals surface area contributed by atoms with Crippen LogP contribution in [0.25, 0.3) is 0 Å². The highest BCUT2D eigenvalue weighted by atomic mass is 31.2. The Hall–Kier alpha value is -1.03. The highest BCUT2D eigenvalue weighted by Crippen LogP contribution is 2.43. The minimum Gasteiger partial charge on any atom is -0.480 e. The molecule has 0 radical (unpaired) electrons. The Morgan fingerprint density at radius 1 is 0.483 bits per heavy atom. The minimum absolute atomic E-state index is 0.0263. The quantitative estimate of drug-likeness (QED) is 0.0306. The third kappa shape index (κ3) is 43.1. The van der Waals surface area contributed by atoms with Gasteiger partial charge in [-0.3, -0.25) is 18.6 Å². The lowest BCUT2D eigenvalue weighted by Crippen LogP contribution is -2.34. The van der Waals surface area contributed by atoms with Crippen molar-refractivity contribution in [1.29, 1.82) is 0 Å². The van der Waals surface area contributed by atoms with Crippen molar-refractivity contribution in [1.82, 2.24) is 0 Å². The second kappa shape index (κ2) is 44.0. The van der Waals surface area contributed by atoms with Crippen molar-refractivity contribution in [2.24, 2.45) is 5.73 Å². The van der Waals surface area contributed by atoms with Crippen molar-refractivity contribution in [3.8, 4) is 0 Å². The van der Waals surface area contributed by atoms with E-state index in [1.54, 1.807) is 0 Å². The Morgan fingerprint density at radius 3 is 1.14 bits per heavy atom. The molecular weight excluding hydrogens is 753 g/mol. The number of carboxylic acid groups (broad SMARTS) is 1. The first-order chi connectivity index (χ1) is 28.2. The molecule has 346 valence electrons. The van der Waals surface area contributed by atoms with E-state index in [2.05, 4.69) is 13.8 Å². The van der Waals surface area contributed by atoms with Gasteiger partial charge in [-0.15, -0.1) is 0 Å². The maximum Gasteiger partial charge on any atom is 0.472 e. The fourth-order valence-electron chi connectivity index (χ4n) is 7.31. The summed E-state index contributed by atoms with van der Waals surface area (Å²) in [6.07, 6.45) is 45.8. The number of hydrogen-bond acceptors (Lipinski definition) is 8. The lowest BCUT2D eigenvalue weighted by Gasteiger charge is -2.20. The molecule has 0 rings (SSSR count). The standard InChI is InChI=1S/C47H94NO9P/c1-3-5-7-9-11-13-15-17-19-21-22-24-26-28-30-32-34-36-38-40-54-41-44(42-55-58(52,53)56-43-45(48)47(50)51)57-46(49)39-37-35-33-31-29-27-25-23-20-18-16-14-12-10-8-6-4-2/h44-45H,3-43,48H2,1-2H3,(H,50,51)(H,52,53). The van der Waals surface area contributed by atoms with Crippen molar-refractivity contribution in [3.63, 3.8) is 0 Å². The summed E-state index contributed by atoms with van der Waals surface area (Å²) in [5.41, 5.74) is 5.37. The molecule has 0 saturated carbocycles. The highest BCUT2D eigenvalue weighted by Gasteiger charge is 2.27.